The van der Waals surface area contributed by atoms with Crippen LogP contribution in [0.1, 0.15) is 18.4 Å². The number of nitrogens with one attached hydrogen (secondary N) is 1. The summed E-state index contributed by atoms with van der Waals surface area (Å²) in [6, 6.07) is 3.87. The third-order valence-corrected chi connectivity index (χ3v) is 5.07. The summed E-state index contributed by atoms with van der Waals surface area (Å²) in [5.74, 6) is 0.581. The maximum atomic E-state index is 11.8. The maximum absolute atomic E-state index is 11.8. The van der Waals surface area contributed by atoms with Crippen LogP contribution in [0, 0.1) is 4.78 Å². The number of hydrogen-bond acceptors (Lipinski definition) is 3. The molecule has 76 valence electrons. The molecule has 2 unspecified atom stereocenters. The van der Waals surface area contributed by atoms with Crippen LogP contribution < -0.4 is 0 Å². The summed E-state index contributed by atoms with van der Waals surface area (Å²) in [5.41, 5.74) is 1.10. The molecule has 2 rings (SSSR count). The monoisotopic (exact) mass is 210 g/mol. The van der Waals surface area contributed by atoms with Gasteiger partial charge in [-0.1, -0.05) is 6.07 Å². The molecule has 1 aliphatic heterocycles. The molecule has 0 bridgehead atoms. The van der Waals surface area contributed by atoms with E-state index in [0.717, 1.165) is 24.8 Å². The van der Waals surface area contributed by atoms with E-state index in [0.29, 0.717) is 5.75 Å². The van der Waals surface area contributed by atoms with Crippen molar-refractivity contribution in [2.45, 2.75) is 24.5 Å². The molecule has 0 saturated carbocycles. The van der Waals surface area contributed by atoms with Gasteiger partial charge in [0.2, 0.25) is 0 Å². The highest BCUT2D eigenvalue weighted by Crippen LogP contribution is 2.23. The first-order chi connectivity index (χ1) is 6.68. The molecule has 1 aromatic heterocycles. The molecule has 0 aromatic carbocycles. The average Bonchev–Trinajstić information content (AvgIpc) is 2.48. The van der Waals surface area contributed by atoms with Gasteiger partial charge in [0.25, 0.3) is 0 Å². The fraction of sp³-hybridized carbons (Fsp3) is 0.500. The molecule has 1 aromatic rings. The quantitative estimate of drug-likeness (QED) is 0.809. The first-order valence-electron chi connectivity index (χ1n) is 4.83. The van der Waals surface area contributed by atoms with E-state index in [2.05, 4.69) is 4.98 Å². The van der Waals surface area contributed by atoms with E-state index in [9.17, 15) is 4.21 Å². The minimum Gasteiger partial charge on any atom is -0.264 e. The Hall–Kier alpha value is -0.900. The van der Waals surface area contributed by atoms with Crippen molar-refractivity contribution in [3.05, 3.63) is 30.1 Å². The number of hydrogen-bond donors (Lipinski definition) is 1. The third kappa shape index (κ3) is 1.95. The average molecular weight is 210 g/mol. The van der Waals surface area contributed by atoms with Gasteiger partial charge in [-0.15, -0.1) is 0 Å². The molecular weight excluding hydrogens is 196 g/mol. The maximum Gasteiger partial charge on any atom is 0.0473 e. The Bertz CT molecular complexity index is 399. The van der Waals surface area contributed by atoms with Gasteiger partial charge in [-0.3, -0.25) is 9.76 Å². The van der Waals surface area contributed by atoms with Crippen molar-refractivity contribution in [2.24, 2.45) is 0 Å². The van der Waals surface area contributed by atoms with Gasteiger partial charge in [0.15, 0.2) is 0 Å². The van der Waals surface area contributed by atoms with Crippen LogP contribution in [0.4, 0.5) is 0 Å². The zero-order valence-corrected chi connectivity index (χ0v) is 8.80. The number of aromatic nitrogens is 1. The van der Waals surface area contributed by atoms with Crippen LogP contribution in [-0.4, -0.2) is 20.2 Å². The van der Waals surface area contributed by atoms with E-state index in [1.165, 1.54) is 0 Å². The Labute approximate surface area is 84.5 Å². The SMILES string of the molecule is N=S1(=O)CCCC1Cc1cccnc1. The summed E-state index contributed by atoms with van der Waals surface area (Å²) >= 11 is 0. The minimum atomic E-state index is -2.31. The lowest BCUT2D eigenvalue weighted by Gasteiger charge is -2.10. The van der Waals surface area contributed by atoms with Crippen LogP contribution in [0.5, 0.6) is 0 Å². The molecule has 14 heavy (non-hydrogen) atoms. The van der Waals surface area contributed by atoms with Crippen molar-refractivity contribution in [3.8, 4) is 0 Å². The van der Waals surface area contributed by atoms with Gasteiger partial charge in [0.1, 0.15) is 0 Å². The van der Waals surface area contributed by atoms with Crippen molar-refractivity contribution < 1.29 is 4.21 Å². The van der Waals surface area contributed by atoms with Gasteiger partial charge in [-0.05, 0) is 30.9 Å². The first-order valence-corrected chi connectivity index (χ1v) is 6.62. The fourth-order valence-corrected chi connectivity index (χ4v) is 3.84. The lowest BCUT2D eigenvalue weighted by Crippen LogP contribution is -2.17. The predicted molar refractivity (Wildman–Crippen MR) is 56.7 cm³/mol. The van der Waals surface area contributed by atoms with Gasteiger partial charge < -0.3 is 0 Å². The molecule has 2 heterocycles. The Kier molecular flexibility index (Phi) is 2.54. The summed E-state index contributed by atoms with van der Waals surface area (Å²) in [6.45, 7) is 0. The van der Waals surface area contributed by atoms with Gasteiger partial charge >= 0.3 is 0 Å². The van der Waals surface area contributed by atoms with Crippen molar-refractivity contribution in [2.75, 3.05) is 5.75 Å². The first kappa shape index (κ1) is 9.65. The molecule has 1 saturated heterocycles. The van der Waals surface area contributed by atoms with Crippen molar-refractivity contribution in [1.82, 2.24) is 4.98 Å². The number of rotatable bonds is 2. The van der Waals surface area contributed by atoms with Gasteiger partial charge in [-0.25, -0.2) is 4.21 Å². The molecule has 1 N–H and O–H groups in total. The highest BCUT2D eigenvalue weighted by Gasteiger charge is 2.27. The van der Waals surface area contributed by atoms with Crippen LogP contribution >= 0.6 is 0 Å². The van der Waals surface area contributed by atoms with Gasteiger partial charge in [-0.2, -0.15) is 0 Å². The van der Waals surface area contributed by atoms with E-state index in [-0.39, 0.29) is 5.25 Å². The van der Waals surface area contributed by atoms with Crippen LogP contribution in [0.3, 0.4) is 0 Å². The van der Waals surface area contributed by atoms with E-state index in [1.807, 2.05) is 12.1 Å². The second-order valence-corrected chi connectivity index (χ2v) is 6.29. The van der Waals surface area contributed by atoms with Crippen LogP contribution in [0.25, 0.3) is 0 Å². The van der Waals surface area contributed by atoms with Crippen LogP contribution in [0.15, 0.2) is 24.5 Å². The van der Waals surface area contributed by atoms with Gasteiger partial charge in [0, 0.05) is 33.1 Å². The van der Waals surface area contributed by atoms with E-state index < -0.39 is 9.73 Å². The van der Waals surface area contributed by atoms with E-state index in [1.54, 1.807) is 12.4 Å². The molecular formula is C10H14N2OS. The number of pyridine rings is 1. The summed E-state index contributed by atoms with van der Waals surface area (Å²) in [7, 11) is -2.31. The van der Waals surface area contributed by atoms with Crippen molar-refractivity contribution in [1.29, 1.82) is 4.78 Å². The smallest absolute Gasteiger partial charge is 0.0473 e. The van der Waals surface area contributed by atoms with Crippen LogP contribution in [-0.2, 0) is 16.1 Å². The highest BCUT2D eigenvalue weighted by atomic mass is 32.2. The second-order valence-electron chi connectivity index (χ2n) is 3.76. The molecule has 1 aliphatic rings. The Morgan fingerprint density at radius 1 is 1.64 bits per heavy atom. The van der Waals surface area contributed by atoms with Crippen LogP contribution in [0.2, 0.25) is 0 Å². The lowest BCUT2D eigenvalue weighted by atomic mass is 10.1. The highest BCUT2D eigenvalue weighted by molar-refractivity contribution is 7.93. The largest absolute Gasteiger partial charge is 0.264 e. The van der Waals surface area contributed by atoms with Crippen molar-refractivity contribution >= 4 is 9.73 Å². The second kappa shape index (κ2) is 3.69. The standard InChI is InChI=1S/C10H14N2OS/c11-14(13)6-2-4-10(14)7-9-3-1-5-12-8-9/h1,3,5,8,10-11H,2,4,6-7H2. The lowest BCUT2D eigenvalue weighted by molar-refractivity contribution is 0.665. The normalized spacial score (nSPS) is 31.9. The van der Waals surface area contributed by atoms with E-state index in [4.69, 9.17) is 4.78 Å². The van der Waals surface area contributed by atoms with Crippen molar-refractivity contribution in [3.63, 3.8) is 0 Å². The zero-order valence-electron chi connectivity index (χ0n) is 7.98. The van der Waals surface area contributed by atoms with E-state index >= 15 is 0 Å². The molecule has 4 heteroatoms. The fourth-order valence-electron chi connectivity index (χ4n) is 1.90. The molecule has 0 radical (unpaired) electrons. The number of nitrogens with zero attached hydrogens (tertiary/aromatic N) is 1. The molecule has 3 nitrogen and oxygen atoms in total. The topological polar surface area (TPSA) is 53.8 Å². The predicted octanol–water partition coefficient (Wildman–Crippen LogP) is 1.83. The molecule has 2 atom stereocenters. The molecule has 0 amide bonds. The minimum absolute atomic E-state index is 0.0479. The Morgan fingerprint density at radius 2 is 2.50 bits per heavy atom. The Balaban J connectivity index is 2.13. The zero-order chi connectivity index (χ0) is 10.0. The summed E-state index contributed by atoms with van der Waals surface area (Å²) < 4.78 is 19.5. The summed E-state index contributed by atoms with van der Waals surface area (Å²) in [4.78, 5) is 4.02. The summed E-state index contributed by atoms with van der Waals surface area (Å²) in [5, 5.41) is 0.0479. The molecule has 1 fully saturated rings. The third-order valence-electron chi connectivity index (χ3n) is 2.70. The molecule has 0 aliphatic carbocycles. The van der Waals surface area contributed by atoms with Gasteiger partial charge in [0.05, 0.1) is 0 Å². The Morgan fingerprint density at radius 3 is 3.07 bits per heavy atom. The molecule has 0 spiro atoms. The summed E-state index contributed by atoms with van der Waals surface area (Å²) in [6.07, 6.45) is 6.14.